The van der Waals surface area contributed by atoms with Crippen LogP contribution in [0.2, 0.25) is 10.0 Å². The molecular weight excluding hydrogens is 225 g/mol. The molecule has 0 aliphatic heterocycles. The van der Waals surface area contributed by atoms with Crippen molar-refractivity contribution in [3.63, 3.8) is 0 Å². The molecule has 0 bridgehead atoms. The molecule has 0 saturated heterocycles. The number of hydrogen-bond donors (Lipinski definition) is 1. The molecule has 0 radical (unpaired) electrons. The number of nitrogens with two attached hydrogens (primary N) is 1. The summed E-state index contributed by atoms with van der Waals surface area (Å²) in [4.78, 5) is 0. The molecule has 0 fully saturated rings. The van der Waals surface area contributed by atoms with Crippen LogP contribution in [0.25, 0.3) is 0 Å². The molecule has 0 aliphatic rings. The van der Waals surface area contributed by atoms with E-state index in [-0.39, 0.29) is 6.04 Å². The zero-order valence-corrected chi connectivity index (χ0v) is 9.59. The van der Waals surface area contributed by atoms with Crippen molar-refractivity contribution in [2.75, 3.05) is 12.0 Å². The predicted molar refractivity (Wildman–Crippen MR) is 61.8 cm³/mol. The van der Waals surface area contributed by atoms with Crippen molar-refractivity contribution in [2.45, 2.75) is 6.04 Å². The van der Waals surface area contributed by atoms with Crippen LogP contribution in [0.4, 0.5) is 0 Å². The summed E-state index contributed by atoms with van der Waals surface area (Å²) in [6.07, 6.45) is 2.01. The fourth-order valence-electron chi connectivity index (χ4n) is 1.07. The average Bonchev–Trinajstić information content (AvgIpc) is 2.09. The molecule has 13 heavy (non-hydrogen) atoms. The Balaban J connectivity index is 2.91. The second-order valence-electron chi connectivity index (χ2n) is 2.73. The molecule has 1 aromatic carbocycles. The van der Waals surface area contributed by atoms with Crippen LogP contribution in [0, 0.1) is 0 Å². The normalized spacial score (nSPS) is 12.9. The largest absolute Gasteiger partial charge is 0.323 e. The topological polar surface area (TPSA) is 26.0 Å². The van der Waals surface area contributed by atoms with Crippen LogP contribution in [0.5, 0.6) is 0 Å². The summed E-state index contributed by atoms with van der Waals surface area (Å²) in [6, 6.07) is 5.32. The third-order valence-corrected chi connectivity index (χ3v) is 2.98. The highest BCUT2D eigenvalue weighted by Crippen LogP contribution is 2.26. The Labute approximate surface area is 92.6 Å². The molecule has 0 spiro atoms. The first-order valence-corrected chi connectivity index (χ1v) is 5.99. The van der Waals surface area contributed by atoms with Crippen molar-refractivity contribution in [1.82, 2.24) is 0 Å². The fraction of sp³-hybridized carbons (Fsp3) is 0.333. The van der Waals surface area contributed by atoms with E-state index in [9.17, 15) is 0 Å². The zero-order valence-electron chi connectivity index (χ0n) is 7.26. The van der Waals surface area contributed by atoms with Crippen molar-refractivity contribution >= 4 is 35.0 Å². The van der Waals surface area contributed by atoms with E-state index in [0.717, 1.165) is 11.3 Å². The van der Waals surface area contributed by atoms with Crippen LogP contribution in [0.3, 0.4) is 0 Å². The molecule has 0 amide bonds. The van der Waals surface area contributed by atoms with Crippen molar-refractivity contribution in [2.24, 2.45) is 5.73 Å². The highest BCUT2D eigenvalue weighted by atomic mass is 35.5. The average molecular weight is 236 g/mol. The van der Waals surface area contributed by atoms with Crippen LogP contribution in [0.15, 0.2) is 18.2 Å². The van der Waals surface area contributed by atoms with Gasteiger partial charge in [0, 0.05) is 21.8 Å². The number of thioether (sulfide) groups is 1. The van der Waals surface area contributed by atoms with E-state index in [2.05, 4.69) is 0 Å². The SMILES string of the molecule is CSCC(N)c1cc(Cl)ccc1Cl. The van der Waals surface area contributed by atoms with Crippen molar-refractivity contribution < 1.29 is 0 Å². The fourth-order valence-corrected chi connectivity index (χ4v) is 2.05. The second kappa shape index (κ2) is 5.11. The molecule has 0 aliphatic carbocycles. The van der Waals surface area contributed by atoms with Crippen LogP contribution >= 0.6 is 35.0 Å². The Kier molecular flexibility index (Phi) is 4.39. The minimum Gasteiger partial charge on any atom is -0.323 e. The van der Waals surface area contributed by atoms with Gasteiger partial charge in [-0.3, -0.25) is 0 Å². The number of rotatable bonds is 3. The maximum absolute atomic E-state index is 5.98. The van der Waals surface area contributed by atoms with Gasteiger partial charge in [0.05, 0.1) is 0 Å². The molecule has 1 unspecified atom stereocenters. The van der Waals surface area contributed by atoms with E-state index in [1.165, 1.54) is 0 Å². The highest BCUT2D eigenvalue weighted by Gasteiger charge is 2.09. The summed E-state index contributed by atoms with van der Waals surface area (Å²) in [7, 11) is 0. The van der Waals surface area contributed by atoms with Crippen LogP contribution in [0.1, 0.15) is 11.6 Å². The molecule has 72 valence electrons. The number of halogens is 2. The van der Waals surface area contributed by atoms with E-state index in [4.69, 9.17) is 28.9 Å². The van der Waals surface area contributed by atoms with Gasteiger partial charge in [-0.25, -0.2) is 0 Å². The van der Waals surface area contributed by atoms with Crippen LogP contribution in [-0.4, -0.2) is 12.0 Å². The van der Waals surface area contributed by atoms with E-state index >= 15 is 0 Å². The molecule has 0 heterocycles. The quantitative estimate of drug-likeness (QED) is 0.870. The Morgan fingerprint density at radius 1 is 1.46 bits per heavy atom. The van der Waals surface area contributed by atoms with E-state index < -0.39 is 0 Å². The Hall–Kier alpha value is 0.110. The van der Waals surface area contributed by atoms with E-state index in [1.54, 1.807) is 23.9 Å². The van der Waals surface area contributed by atoms with Crippen molar-refractivity contribution in [3.05, 3.63) is 33.8 Å². The lowest BCUT2D eigenvalue weighted by Gasteiger charge is -2.12. The van der Waals surface area contributed by atoms with Crippen LogP contribution < -0.4 is 5.73 Å². The van der Waals surface area contributed by atoms with Gasteiger partial charge >= 0.3 is 0 Å². The molecule has 0 aromatic heterocycles. The van der Waals surface area contributed by atoms with Gasteiger partial charge in [0.15, 0.2) is 0 Å². The first-order valence-electron chi connectivity index (χ1n) is 3.84. The minimum atomic E-state index is -0.0406. The molecule has 0 saturated carbocycles. The molecular formula is C9H11Cl2NS. The lowest BCUT2D eigenvalue weighted by atomic mass is 10.1. The molecule has 1 rings (SSSR count). The number of benzene rings is 1. The summed E-state index contributed by atoms with van der Waals surface area (Å²) in [5.74, 6) is 0.847. The molecule has 1 aromatic rings. The summed E-state index contributed by atoms with van der Waals surface area (Å²) < 4.78 is 0. The van der Waals surface area contributed by atoms with Gasteiger partial charge in [-0.2, -0.15) is 11.8 Å². The van der Waals surface area contributed by atoms with Gasteiger partial charge in [-0.1, -0.05) is 23.2 Å². The first-order chi connectivity index (χ1) is 6.15. The van der Waals surface area contributed by atoms with Crippen molar-refractivity contribution in [3.8, 4) is 0 Å². The summed E-state index contributed by atoms with van der Waals surface area (Å²) in [6.45, 7) is 0. The lowest BCUT2D eigenvalue weighted by molar-refractivity contribution is 0.833. The maximum Gasteiger partial charge on any atom is 0.0455 e. The third kappa shape index (κ3) is 3.06. The van der Waals surface area contributed by atoms with E-state index in [1.807, 2.05) is 12.3 Å². The predicted octanol–water partition coefficient (Wildman–Crippen LogP) is 3.36. The third-order valence-electron chi connectivity index (χ3n) is 1.70. The second-order valence-corrected chi connectivity index (χ2v) is 4.48. The van der Waals surface area contributed by atoms with Gasteiger partial charge in [0.1, 0.15) is 0 Å². The molecule has 1 nitrogen and oxygen atoms in total. The summed E-state index contributed by atoms with van der Waals surface area (Å²) >= 11 is 13.5. The number of hydrogen-bond acceptors (Lipinski definition) is 2. The minimum absolute atomic E-state index is 0.0406. The lowest BCUT2D eigenvalue weighted by Crippen LogP contribution is -2.13. The molecule has 4 heteroatoms. The van der Waals surface area contributed by atoms with Gasteiger partial charge in [0.25, 0.3) is 0 Å². The van der Waals surface area contributed by atoms with Gasteiger partial charge in [0.2, 0.25) is 0 Å². The molecule has 1 atom stereocenters. The smallest absolute Gasteiger partial charge is 0.0455 e. The molecule has 2 N–H and O–H groups in total. The van der Waals surface area contributed by atoms with Gasteiger partial charge in [-0.15, -0.1) is 0 Å². The Morgan fingerprint density at radius 3 is 2.77 bits per heavy atom. The van der Waals surface area contributed by atoms with E-state index in [0.29, 0.717) is 10.0 Å². The van der Waals surface area contributed by atoms with Gasteiger partial charge < -0.3 is 5.73 Å². The summed E-state index contributed by atoms with van der Waals surface area (Å²) in [5, 5.41) is 1.36. The Morgan fingerprint density at radius 2 is 2.15 bits per heavy atom. The maximum atomic E-state index is 5.98. The highest BCUT2D eigenvalue weighted by molar-refractivity contribution is 7.98. The van der Waals surface area contributed by atoms with Crippen molar-refractivity contribution in [1.29, 1.82) is 0 Å². The monoisotopic (exact) mass is 235 g/mol. The first kappa shape index (κ1) is 11.2. The van der Waals surface area contributed by atoms with Crippen LogP contribution in [-0.2, 0) is 0 Å². The zero-order chi connectivity index (χ0) is 9.84. The van der Waals surface area contributed by atoms with Gasteiger partial charge in [-0.05, 0) is 30.0 Å². The summed E-state index contributed by atoms with van der Waals surface area (Å²) in [5.41, 5.74) is 6.83. The Bertz CT molecular complexity index is 291. The standard InChI is InChI=1S/C9H11Cl2NS/c1-13-5-9(12)7-4-6(10)2-3-8(7)11/h2-4,9H,5,12H2,1H3.